The number of thiazole rings is 1. The van der Waals surface area contributed by atoms with Crippen molar-refractivity contribution in [2.75, 3.05) is 0 Å². The highest BCUT2D eigenvalue weighted by Crippen LogP contribution is 2.31. The molecule has 0 bridgehead atoms. The third-order valence-corrected chi connectivity index (χ3v) is 5.19. The van der Waals surface area contributed by atoms with E-state index in [1.807, 2.05) is 54.8 Å². The molecule has 0 saturated carbocycles. The van der Waals surface area contributed by atoms with Crippen molar-refractivity contribution in [1.82, 2.24) is 15.0 Å². The number of aromatic nitrogens is 3. The van der Waals surface area contributed by atoms with E-state index in [0.717, 1.165) is 21.7 Å². The predicted octanol–water partition coefficient (Wildman–Crippen LogP) is 4.00. The van der Waals surface area contributed by atoms with Crippen LogP contribution in [0, 0.1) is 0 Å². The van der Waals surface area contributed by atoms with Gasteiger partial charge in [0.15, 0.2) is 5.65 Å². The summed E-state index contributed by atoms with van der Waals surface area (Å²) in [5, 5.41) is 3.73. The van der Waals surface area contributed by atoms with Gasteiger partial charge in [-0.15, -0.1) is 11.3 Å². The van der Waals surface area contributed by atoms with Gasteiger partial charge in [0.05, 0.1) is 17.0 Å². The van der Waals surface area contributed by atoms with Gasteiger partial charge in [0, 0.05) is 28.4 Å². The summed E-state index contributed by atoms with van der Waals surface area (Å²) in [6, 6.07) is 15.4. The molecule has 26 heavy (non-hydrogen) atoms. The van der Waals surface area contributed by atoms with E-state index in [2.05, 4.69) is 9.97 Å². The van der Waals surface area contributed by atoms with E-state index in [-0.39, 0.29) is 5.92 Å². The zero-order chi connectivity index (χ0) is 18.1. The van der Waals surface area contributed by atoms with Crippen LogP contribution in [0.1, 0.15) is 34.6 Å². The lowest BCUT2D eigenvalue weighted by Gasteiger charge is -2.13. The van der Waals surface area contributed by atoms with Gasteiger partial charge in [-0.2, -0.15) is 0 Å². The molecule has 2 N–H and O–H groups in total. The van der Waals surface area contributed by atoms with Crippen LogP contribution in [0.4, 0.5) is 0 Å². The molecule has 1 unspecified atom stereocenters. The molecule has 0 saturated heterocycles. The maximum Gasteiger partial charge on any atom is 0.250 e. The maximum atomic E-state index is 12.0. The van der Waals surface area contributed by atoms with Crippen LogP contribution in [0.25, 0.3) is 21.6 Å². The lowest BCUT2D eigenvalue weighted by Crippen LogP contribution is -2.17. The second-order valence-corrected chi connectivity index (χ2v) is 6.86. The third-order valence-electron chi connectivity index (χ3n) is 4.28. The summed E-state index contributed by atoms with van der Waals surface area (Å²) in [5.41, 5.74) is 9.14. The minimum absolute atomic E-state index is 0.169. The number of hydrogen-bond donors (Lipinski definition) is 1. The first-order valence-electron chi connectivity index (χ1n) is 8.20. The Bertz CT molecular complexity index is 1090. The van der Waals surface area contributed by atoms with Crippen molar-refractivity contribution in [3.05, 3.63) is 77.1 Å². The molecule has 128 valence electrons. The zero-order valence-corrected chi connectivity index (χ0v) is 14.9. The van der Waals surface area contributed by atoms with Crippen molar-refractivity contribution >= 4 is 28.3 Å². The average Bonchev–Trinajstić information content (AvgIpc) is 3.17. The molecule has 3 aromatic heterocycles. The molecule has 3 heterocycles. The van der Waals surface area contributed by atoms with Crippen molar-refractivity contribution < 1.29 is 4.79 Å². The number of primary amides is 1. The number of amides is 1. The van der Waals surface area contributed by atoms with Gasteiger partial charge in [-0.1, -0.05) is 37.3 Å². The minimum Gasteiger partial charge on any atom is -0.366 e. The number of pyridine rings is 2. The smallest absolute Gasteiger partial charge is 0.250 e. The van der Waals surface area contributed by atoms with E-state index in [4.69, 9.17) is 10.7 Å². The molecule has 0 spiro atoms. The van der Waals surface area contributed by atoms with Crippen molar-refractivity contribution in [2.45, 2.75) is 12.8 Å². The quantitative estimate of drug-likeness (QED) is 0.596. The van der Waals surface area contributed by atoms with E-state index in [9.17, 15) is 4.79 Å². The number of rotatable bonds is 4. The molecule has 4 aromatic rings. The second-order valence-electron chi connectivity index (χ2n) is 6.00. The second kappa shape index (κ2) is 6.65. The largest absolute Gasteiger partial charge is 0.366 e. The van der Waals surface area contributed by atoms with Gasteiger partial charge in [0.1, 0.15) is 5.01 Å². The fourth-order valence-electron chi connectivity index (χ4n) is 2.89. The molecule has 0 aliphatic heterocycles. The lowest BCUT2D eigenvalue weighted by molar-refractivity contribution is 0.0999. The highest BCUT2D eigenvalue weighted by molar-refractivity contribution is 7.13. The van der Waals surface area contributed by atoms with Gasteiger partial charge in [0.2, 0.25) is 0 Å². The molecule has 0 fully saturated rings. The first-order valence-corrected chi connectivity index (χ1v) is 9.08. The molecular weight excluding hydrogens is 344 g/mol. The van der Waals surface area contributed by atoms with Gasteiger partial charge in [-0.05, 0) is 18.2 Å². The summed E-state index contributed by atoms with van der Waals surface area (Å²) in [5.74, 6) is -0.666. The molecule has 0 aliphatic carbocycles. The fourth-order valence-corrected chi connectivity index (χ4v) is 3.80. The molecule has 1 atom stereocenters. The first-order chi connectivity index (χ1) is 12.6. The van der Waals surface area contributed by atoms with Crippen LogP contribution < -0.4 is 5.73 Å². The first kappa shape index (κ1) is 16.4. The van der Waals surface area contributed by atoms with Crippen LogP contribution in [-0.2, 0) is 0 Å². The predicted molar refractivity (Wildman–Crippen MR) is 103 cm³/mol. The maximum absolute atomic E-state index is 12.0. The number of carbonyl (C=O) groups excluding carboxylic acids is 1. The molecule has 1 amide bonds. The Morgan fingerprint density at radius 2 is 1.92 bits per heavy atom. The zero-order valence-electron chi connectivity index (χ0n) is 14.1. The molecule has 4 rings (SSSR count). The minimum atomic E-state index is -0.497. The van der Waals surface area contributed by atoms with Crippen LogP contribution in [0.2, 0.25) is 0 Å². The van der Waals surface area contributed by atoms with Crippen LogP contribution >= 0.6 is 11.3 Å². The van der Waals surface area contributed by atoms with Crippen LogP contribution in [-0.4, -0.2) is 20.9 Å². The van der Waals surface area contributed by atoms with Crippen LogP contribution in [0.3, 0.4) is 0 Å². The summed E-state index contributed by atoms with van der Waals surface area (Å²) < 4.78 is 0. The number of nitrogens with zero attached hydrogens (tertiary/aromatic N) is 3. The van der Waals surface area contributed by atoms with E-state index in [1.165, 1.54) is 0 Å². The van der Waals surface area contributed by atoms with Crippen LogP contribution in [0.5, 0.6) is 0 Å². The molecule has 1 aromatic carbocycles. The standard InChI is InChI=1S/C20H16N4OS/c1-12(16-11-26-20(23-16)13-6-3-2-4-7-13)17-15(18(21)25)10-14-8-5-9-22-19(14)24-17/h2-12H,1H3,(H2,21,25). The van der Waals surface area contributed by atoms with E-state index >= 15 is 0 Å². The van der Waals surface area contributed by atoms with Gasteiger partial charge in [-0.25, -0.2) is 15.0 Å². The highest BCUT2D eigenvalue weighted by atomic mass is 32.1. The highest BCUT2D eigenvalue weighted by Gasteiger charge is 2.21. The lowest BCUT2D eigenvalue weighted by atomic mass is 9.98. The van der Waals surface area contributed by atoms with Gasteiger partial charge >= 0.3 is 0 Å². The molecule has 6 heteroatoms. The average molecular weight is 360 g/mol. The van der Waals surface area contributed by atoms with E-state index < -0.39 is 5.91 Å². The Morgan fingerprint density at radius 1 is 1.12 bits per heavy atom. The Balaban J connectivity index is 1.78. The van der Waals surface area contributed by atoms with Gasteiger partial charge in [0.25, 0.3) is 5.91 Å². The molecule has 5 nitrogen and oxygen atoms in total. The number of hydrogen-bond acceptors (Lipinski definition) is 5. The number of carbonyl (C=O) groups is 1. The Kier molecular flexibility index (Phi) is 4.18. The Morgan fingerprint density at radius 3 is 2.69 bits per heavy atom. The van der Waals surface area contributed by atoms with E-state index in [0.29, 0.717) is 16.9 Å². The summed E-state index contributed by atoms with van der Waals surface area (Å²) >= 11 is 1.57. The van der Waals surface area contributed by atoms with Crippen LogP contribution in [0.15, 0.2) is 60.1 Å². The summed E-state index contributed by atoms with van der Waals surface area (Å²) in [6.45, 7) is 1.98. The Hall–Kier alpha value is -3.12. The summed E-state index contributed by atoms with van der Waals surface area (Å²) in [4.78, 5) is 25.6. The van der Waals surface area contributed by atoms with Gasteiger partial charge < -0.3 is 5.73 Å². The van der Waals surface area contributed by atoms with Crippen molar-refractivity contribution in [3.63, 3.8) is 0 Å². The monoisotopic (exact) mass is 360 g/mol. The summed E-state index contributed by atoms with van der Waals surface area (Å²) in [6.07, 6.45) is 1.68. The number of benzene rings is 1. The Labute approximate surface area is 154 Å². The number of nitrogens with two attached hydrogens (primary N) is 1. The fraction of sp³-hybridized carbons (Fsp3) is 0.100. The SMILES string of the molecule is CC(c1csc(-c2ccccc2)n1)c1nc2ncccc2cc1C(N)=O. The van der Waals surface area contributed by atoms with E-state index in [1.54, 1.807) is 23.6 Å². The van der Waals surface area contributed by atoms with Crippen molar-refractivity contribution in [1.29, 1.82) is 0 Å². The third kappa shape index (κ3) is 2.95. The topological polar surface area (TPSA) is 81.8 Å². The number of fused-ring (bicyclic) bond motifs is 1. The normalized spacial score (nSPS) is 12.2. The van der Waals surface area contributed by atoms with Crippen molar-refractivity contribution in [3.8, 4) is 10.6 Å². The molecule has 0 radical (unpaired) electrons. The molecule has 0 aliphatic rings. The van der Waals surface area contributed by atoms with Crippen molar-refractivity contribution in [2.24, 2.45) is 5.73 Å². The summed E-state index contributed by atoms with van der Waals surface area (Å²) in [7, 11) is 0. The van der Waals surface area contributed by atoms with Gasteiger partial charge in [-0.3, -0.25) is 4.79 Å². The molecular formula is C20H16N4OS.